The number of imidazole rings is 1. The minimum absolute atomic E-state index is 0.232. The first kappa shape index (κ1) is 14.2. The minimum atomic E-state index is -0.514. The molecule has 0 amide bonds. The van der Waals surface area contributed by atoms with E-state index in [0.717, 1.165) is 5.69 Å². The summed E-state index contributed by atoms with van der Waals surface area (Å²) in [5.41, 5.74) is 6.69. The van der Waals surface area contributed by atoms with E-state index in [1.165, 1.54) is 0 Å². The standard InChI is InChI=1S/C12H23N3O2/c1-8(2)15-7-14-6-11(15)12(5-13)17-10(4)9(3)16/h6-10,12,16H,5,13H2,1-4H3. The molecule has 5 heteroatoms. The Hall–Kier alpha value is -0.910. The van der Waals surface area contributed by atoms with Crippen LogP contribution in [0.3, 0.4) is 0 Å². The third-order valence-electron chi connectivity index (χ3n) is 2.85. The van der Waals surface area contributed by atoms with Crippen LogP contribution in [0.25, 0.3) is 0 Å². The summed E-state index contributed by atoms with van der Waals surface area (Å²) in [6, 6.07) is 0.312. The minimum Gasteiger partial charge on any atom is -0.391 e. The fourth-order valence-electron chi connectivity index (χ4n) is 1.61. The molecule has 1 rings (SSSR count). The van der Waals surface area contributed by atoms with Gasteiger partial charge in [0.05, 0.1) is 30.4 Å². The van der Waals surface area contributed by atoms with Gasteiger partial charge in [0.25, 0.3) is 0 Å². The lowest BCUT2D eigenvalue weighted by molar-refractivity contribution is -0.0618. The highest BCUT2D eigenvalue weighted by Gasteiger charge is 2.21. The van der Waals surface area contributed by atoms with Crippen molar-refractivity contribution in [1.29, 1.82) is 0 Å². The molecule has 1 aromatic rings. The second-order valence-electron chi connectivity index (χ2n) is 4.63. The molecular formula is C12H23N3O2. The number of nitrogens with two attached hydrogens (primary N) is 1. The Morgan fingerprint density at radius 3 is 2.53 bits per heavy atom. The summed E-state index contributed by atoms with van der Waals surface area (Å²) in [6.45, 7) is 8.07. The summed E-state index contributed by atoms with van der Waals surface area (Å²) in [4.78, 5) is 4.13. The quantitative estimate of drug-likeness (QED) is 0.786. The van der Waals surface area contributed by atoms with Crippen LogP contribution in [-0.4, -0.2) is 33.4 Å². The first-order valence-corrected chi connectivity index (χ1v) is 6.02. The van der Waals surface area contributed by atoms with E-state index in [0.29, 0.717) is 12.6 Å². The van der Waals surface area contributed by atoms with Gasteiger partial charge in [0.15, 0.2) is 0 Å². The molecule has 0 saturated carbocycles. The Morgan fingerprint density at radius 1 is 1.41 bits per heavy atom. The third kappa shape index (κ3) is 3.52. The highest BCUT2D eigenvalue weighted by molar-refractivity contribution is 5.05. The maximum Gasteiger partial charge on any atom is 0.112 e. The number of nitrogens with zero attached hydrogens (tertiary/aromatic N) is 2. The molecule has 0 aliphatic heterocycles. The van der Waals surface area contributed by atoms with Crippen molar-refractivity contribution in [2.75, 3.05) is 6.54 Å². The van der Waals surface area contributed by atoms with Crippen molar-refractivity contribution in [3.63, 3.8) is 0 Å². The van der Waals surface area contributed by atoms with Gasteiger partial charge >= 0.3 is 0 Å². The summed E-state index contributed by atoms with van der Waals surface area (Å²) in [5, 5.41) is 9.45. The first-order chi connectivity index (χ1) is 7.97. The van der Waals surface area contributed by atoms with E-state index in [4.69, 9.17) is 10.5 Å². The predicted molar refractivity (Wildman–Crippen MR) is 66.6 cm³/mol. The third-order valence-corrected chi connectivity index (χ3v) is 2.85. The Kier molecular flexibility index (Phi) is 5.11. The van der Waals surface area contributed by atoms with E-state index >= 15 is 0 Å². The van der Waals surface area contributed by atoms with Crippen LogP contribution in [0.15, 0.2) is 12.5 Å². The van der Waals surface area contributed by atoms with Crippen molar-refractivity contribution >= 4 is 0 Å². The smallest absolute Gasteiger partial charge is 0.112 e. The molecule has 0 saturated heterocycles. The fraction of sp³-hybridized carbons (Fsp3) is 0.750. The largest absolute Gasteiger partial charge is 0.391 e. The van der Waals surface area contributed by atoms with Crippen LogP contribution in [0.5, 0.6) is 0 Å². The van der Waals surface area contributed by atoms with Gasteiger partial charge in [-0.3, -0.25) is 0 Å². The first-order valence-electron chi connectivity index (χ1n) is 6.02. The van der Waals surface area contributed by atoms with E-state index in [1.807, 2.05) is 11.5 Å². The highest BCUT2D eigenvalue weighted by atomic mass is 16.5. The van der Waals surface area contributed by atoms with Gasteiger partial charge < -0.3 is 20.1 Å². The van der Waals surface area contributed by atoms with Gasteiger partial charge in [0, 0.05) is 12.6 Å². The Morgan fingerprint density at radius 2 is 2.06 bits per heavy atom. The van der Waals surface area contributed by atoms with Crippen molar-refractivity contribution in [1.82, 2.24) is 9.55 Å². The molecule has 0 aliphatic rings. The van der Waals surface area contributed by atoms with Crippen molar-refractivity contribution in [2.24, 2.45) is 5.73 Å². The molecular weight excluding hydrogens is 218 g/mol. The van der Waals surface area contributed by atoms with Crippen LogP contribution in [0.2, 0.25) is 0 Å². The second-order valence-corrected chi connectivity index (χ2v) is 4.63. The second kappa shape index (κ2) is 6.14. The number of hydrogen-bond acceptors (Lipinski definition) is 4. The van der Waals surface area contributed by atoms with Crippen molar-refractivity contribution < 1.29 is 9.84 Å². The Labute approximate surface area is 103 Å². The molecule has 3 atom stereocenters. The van der Waals surface area contributed by atoms with E-state index in [1.54, 1.807) is 19.4 Å². The topological polar surface area (TPSA) is 73.3 Å². The normalized spacial score (nSPS) is 17.1. The van der Waals surface area contributed by atoms with E-state index in [2.05, 4.69) is 18.8 Å². The number of rotatable bonds is 6. The molecule has 0 bridgehead atoms. The molecule has 0 fully saturated rings. The average Bonchev–Trinajstić information content (AvgIpc) is 2.73. The molecule has 98 valence electrons. The zero-order chi connectivity index (χ0) is 13.0. The molecule has 0 aromatic carbocycles. The number of hydrogen-bond donors (Lipinski definition) is 2. The van der Waals surface area contributed by atoms with Gasteiger partial charge in [0.1, 0.15) is 6.10 Å². The SMILES string of the molecule is CC(O)C(C)OC(CN)c1cncn1C(C)C. The lowest BCUT2D eigenvalue weighted by atomic mass is 10.2. The lowest BCUT2D eigenvalue weighted by Gasteiger charge is -2.25. The van der Waals surface area contributed by atoms with Crippen LogP contribution < -0.4 is 5.73 Å². The summed E-state index contributed by atoms with van der Waals surface area (Å²) in [6.07, 6.45) is 2.55. The van der Waals surface area contributed by atoms with Crippen LogP contribution in [0.4, 0.5) is 0 Å². The lowest BCUT2D eigenvalue weighted by Crippen LogP contribution is -2.29. The van der Waals surface area contributed by atoms with E-state index < -0.39 is 6.10 Å². The van der Waals surface area contributed by atoms with Gasteiger partial charge in [-0.25, -0.2) is 4.98 Å². The molecule has 1 aromatic heterocycles. The molecule has 3 unspecified atom stereocenters. The number of aliphatic hydroxyl groups is 1. The van der Waals surface area contributed by atoms with Crippen LogP contribution >= 0.6 is 0 Å². The molecule has 3 N–H and O–H groups in total. The van der Waals surface area contributed by atoms with Gasteiger partial charge in [-0.05, 0) is 27.7 Å². The number of ether oxygens (including phenoxy) is 1. The maximum atomic E-state index is 9.45. The van der Waals surface area contributed by atoms with E-state index in [-0.39, 0.29) is 12.2 Å². The van der Waals surface area contributed by atoms with Gasteiger partial charge in [-0.1, -0.05) is 0 Å². The molecule has 17 heavy (non-hydrogen) atoms. The number of aliphatic hydroxyl groups excluding tert-OH is 1. The van der Waals surface area contributed by atoms with Crippen molar-refractivity contribution in [3.8, 4) is 0 Å². The fourth-order valence-corrected chi connectivity index (χ4v) is 1.61. The van der Waals surface area contributed by atoms with Gasteiger partial charge in [0.2, 0.25) is 0 Å². The van der Waals surface area contributed by atoms with Crippen molar-refractivity contribution in [3.05, 3.63) is 18.2 Å². The summed E-state index contributed by atoms with van der Waals surface area (Å²) < 4.78 is 7.79. The Bertz CT molecular complexity index is 336. The van der Waals surface area contributed by atoms with E-state index in [9.17, 15) is 5.11 Å². The predicted octanol–water partition coefficient (Wildman–Crippen LogP) is 1.25. The molecule has 0 radical (unpaired) electrons. The average molecular weight is 241 g/mol. The Balaban J connectivity index is 2.82. The van der Waals surface area contributed by atoms with Crippen molar-refractivity contribution in [2.45, 2.75) is 52.0 Å². The van der Waals surface area contributed by atoms with Gasteiger partial charge in [-0.15, -0.1) is 0 Å². The van der Waals surface area contributed by atoms with Gasteiger partial charge in [-0.2, -0.15) is 0 Å². The zero-order valence-corrected chi connectivity index (χ0v) is 11.0. The summed E-state index contributed by atoms with van der Waals surface area (Å²) in [5.74, 6) is 0. The van der Waals surface area contributed by atoms with Crippen LogP contribution in [0, 0.1) is 0 Å². The monoisotopic (exact) mass is 241 g/mol. The molecule has 0 aliphatic carbocycles. The summed E-state index contributed by atoms with van der Waals surface area (Å²) in [7, 11) is 0. The molecule has 0 spiro atoms. The summed E-state index contributed by atoms with van der Waals surface area (Å²) >= 11 is 0. The number of aromatic nitrogens is 2. The highest BCUT2D eigenvalue weighted by Crippen LogP contribution is 2.21. The molecule has 1 heterocycles. The van der Waals surface area contributed by atoms with Crippen LogP contribution in [-0.2, 0) is 4.74 Å². The van der Waals surface area contributed by atoms with Crippen LogP contribution in [0.1, 0.15) is 45.5 Å². The maximum absolute atomic E-state index is 9.45. The molecule has 5 nitrogen and oxygen atoms in total. The zero-order valence-electron chi connectivity index (χ0n) is 11.0.